The molecule has 90 valence electrons. The number of carboxylic acids is 1. The third-order valence-corrected chi connectivity index (χ3v) is 2.08. The van der Waals surface area contributed by atoms with E-state index in [1.54, 1.807) is 24.3 Å². The van der Waals surface area contributed by atoms with Crippen molar-refractivity contribution < 1.29 is 19.4 Å². The van der Waals surface area contributed by atoms with Gasteiger partial charge in [-0.05, 0) is 24.1 Å². The Bertz CT molecular complexity index is 425. The van der Waals surface area contributed by atoms with Crippen LogP contribution < -0.4 is 10.5 Å². The quantitative estimate of drug-likeness (QED) is 0.446. The maximum Gasteiger partial charge on any atom is 0.335 e. The van der Waals surface area contributed by atoms with E-state index in [0.717, 1.165) is 11.6 Å². The summed E-state index contributed by atoms with van der Waals surface area (Å²) < 4.78 is 4.87. The number of benzene rings is 1. The predicted molar refractivity (Wildman–Crippen MR) is 61.6 cm³/mol. The van der Waals surface area contributed by atoms with Crippen molar-refractivity contribution in [1.82, 2.24) is 0 Å². The molecule has 0 spiro atoms. The number of nitrogens with two attached hydrogens (primary N) is 1. The first-order chi connectivity index (χ1) is 8.02. The highest BCUT2D eigenvalue weighted by Crippen LogP contribution is 2.13. The molecule has 1 atom stereocenters. The summed E-state index contributed by atoms with van der Waals surface area (Å²) in [5, 5.41) is 8.64. The Morgan fingerprint density at radius 2 is 2.00 bits per heavy atom. The minimum Gasteiger partial charge on any atom is -0.480 e. The lowest BCUT2D eigenvalue weighted by Gasteiger charge is -2.07. The zero-order valence-electron chi connectivity index (χ0n) is 9.13. The monoisotopic (exact) mass is 235 g/mol. The second-order valence-electron chi connectivity index (χ2n) is 3.42. The van der Waals surface area contributed by atoms with Gasteiger partial charge in [0.05, 0.1) is 0 Å². The van der Waals surface area contributed by atoms with E-state index in [2.05, 4.69) is 6.58 Å². The first kappa shape index (κ1) is 12.9. The lowest BCUT2D eigenvalue weighted by molar-refractivity contribution is -0.138. The van der Waals surface area contributed by atoms with Crippen LogP contribution in [0.25, 0.3) is 0 Å². The van der Waals surface area contributed by atoms with Gasteiger partial charge in [0.25, 0.3) is 0 Å². The van der Waals surface area contributed by atoms with Crippen LogP contribution in [-0.4, -0.2) is 23.1 Å². The molecule has 0 aliphatic carbocycles. The molecule has 0 saturated heterocycles. The van der Waals surface area contributed by atoms with Crippen LogP contribution in [0.4, 0.5) is 0 Å². The van der Waals surface area contributed by atoms with Gasteiger partial charge in [-0.1, -0.05) is 18.7 Å². The van der Waals surface area contributed by atoms with Crippen LogP contribution >= 0.6 is 0 Å². The fraction of sp³-hybridized carbons (Fsp3) is 0.167. The van der Waals surface area contributed by atoms with Crippen molar-refractivity contribution in [1.29, 1.82) is 0 Å². The second-order valence-corrected chi connectivity index (χ2v) is 3.42. The van der Waals surface area contributed by atoms with Crippen LogP contribution in [0.1, 0.15) is 5.56 Å². The molecular weight excluding hydrogens is 222 g/mol. The number of rotatable bonds is 5. The lowest BCUT2D eigenvalue weighted by atomic mass is 10.1. The van der Waals surface area contributed by atoms with Crippen molar-refractivity contribution in [3.05, 3.63) is 42.5 Å². The van der Waals surface area contributed by atoms with Crippen molar-refractivity contribution in [2.24, 2.45) is 5.73 Å². The van der Waals surface area contributed by atoms with Crippen molar-refractivity contribution in [2.45, 2.75) is 12.5 Å². The summed E-state index contributed by atoms with van der Waals surface area (Å²) in [7, 11) is 0. The Kier molecular flexibility index (Phi) is 4.42. The van der Waals surface area contributed by atoms with E-state index < -0.39 is 18.0 Å². The average Bonchev–Trinajstić information content (AvgIpc) is 2.31. The van der Waals surface area contributed by atoms with E-state index in [0.29, 0.717) is 5.75 Å². The molecular formula is C12H13NO4. The summed E-state index contributed by atoms with van der Waals surface area (Å²) in [6.45, 7) is 3.28. The highest BCUT2D eigenvalue weighted by molar-refractivity contribution is 5.83. The molecule has 0 unspecified atom stereocenters. The molecule has 1 aromatic carbocycles. The van der Waals surface area contributed by atoms with E-state index in [4.69, 9.17) is 15.6 Å². The molecule has 17 heavy (non-hydrogen) atoms. The van der Waals surface area contributed by atoms with Crippen molar-refractivity contribution in [3.8, 4) is 5.75 Å². The van der Waals surface area contributed by atoms with Gasteiger partial charge >= 0.3 is 11.9 Å². The van der Waals surface area contributed by atoms with Gasteiger partial charge < -0.3 is 15.6 Å². The fourth-order valence-electron chi connectivity index (χ4n) is 1.19. The topological polar surface area (TPSA) is 89.6 Å². The molecule has 0 aromatic heterocycles. The normalized spacial score (nSPS) is 11.6. The number of esters is 1. The van der Waals surface area contributed by atoms with Crippen LogP contribution in [0.5, 0.6) is 5.75 Å². The van der Waals surface area contributed by atoms with Gasteiger partial charge in [-0.25, -0.2) is 4.79 Å². The van der Waals surface area contributed by atoms with Crippen LogP contribution in [0.2, 0.25) is 0 Å². The summed E-state index contributed by atoms with van der Waals surface area (Å²) in [6.07, 6.45) is 1.29. The first-order valence-electron chi connectivity index (χ1n) is 4.94. The van der Waals surface area contributed by atoms with Gasteiger partial charge in [0.1, 0.15) is 11.8 Å². The third-order valence-electron chi connectivity index (χ3n) is 2.08. The first-order valence-corrected chi connectivity index (χ1v) is 4.94. The van der Waals surface area contributed by atoms with Crippen molar-refractivity contribution in [3.63, 3.8) is 0 Å². The molecule has 0 radical (unpaired) electrons. The fourth-order valence-corrected chi connectivity index (χ4v) is 1.19. The summed E-state index contributed by atoms with van der Waals surface area (Å²) in [4.78, 5) is 21.4. The van der Waals surface area contributed by atoms with E-state index in [1.165, 1.54) is 0 Å². The Labute approximate surface area is 98.5 Å². The Hall–Kier alpha value is -2.14. The second kappa shape index (κ2) is 5.81. The molecule has 0 aliphatic heterocycles. The molecule has 0 bridgehead atoms. The standard InChI is InChI=1S/C12H13NO4/c1-2-11(14)17-9-5-3-8(4-6-9)7-10(13)12(15)16/h2-6,10H,1,7,13H2,(H,15,16)/t10-/m0/s1. The SMILES string of the molecule is C=CC(=O)Oc1ccc(C[C@H](N)C(=O)O)cc1. The van der Waals surface area contributed by atoms with Crippen molar-refractivity contribution >= 4 is 11.9 Å². The number of carbonyl (C=O) groups is 2. The molecule has 0 aliphatic rings. The molecule has 1 rings (SSSR count). The Morgan fingerprint density at radius 3 is 2.47 bits per heavy atom. The number of aliphatic carboxylic acids is 1. The number of carbonyl (C=O) groups excluding carboxylic acids is 1. The van der Waals surface area contributed by atoms with E-state index in [-0.39, 0.29) is 6.42 Å². The molecule has 0 heterocycles. The maximum absolute atomic E-state index is 10.9. The van der Waals surface area contributed by atoms with E-state index >= 15 is 0 Å². The molecule has 0 saturated carbocycles. The largest absolute Gasteiger partial charge is 0.480 e. The Morgan fingerprint density at radius 1 is 1.41 bits per heavy atom. The highest BCUT2D eigenvalue weighted by Gasteiger charge is 2.11. The molecule has 5 heteroatoms. The molecule has 0 fully saturated rings. The minimum absolute atomic E-state index is 0.227. The molecule has 3 N–H and O–H groups in total. The third kappa shape index (κ3) is 4.08. The van der Waals surface area contributed by atoms with Gasteiger partial charge in [-0.2, -0.15) is 0 Å². The van der Waals surface area contributed by atoms with Crippen LogP contribution in [0.3, 0.4) is 0 Å². The minimum atomic E-state index is -1.05. The zero-order chi connectivity index (χ0) is 12.8. The van der Waals surface area contributed by atoms with Crippen LogP contribution in [0.15, 0.2) is 36.9 Å². The van der Waals surface area contributed by atoms with Gasteiger partial charge in [-0.15, -0.1) is 0 Å². The Balaban J connectivity index is 2.64. The predicted octanol–water partition coefficient (Wildman–Crippen LogP) is 0.732. The molecule has 0 amide bonds. The molecule has 1 aromatic rings. The summed E-state index contributed by atoms with van der Waals surface area (Å²) in [5.41, 5.74) is 6.15. The maximum atomic E-state index is 10.9. The average molecular weight is 235 g/mol. The van der Waals surface area contributed by atoms with Gasteiger partial charge in [-0.3, -0.25) is 4.79 Å². The molecule has 5 nitrogen and oxygen atoms in total. The van der Waals surface area contributed by atoms with Gasteiger partial charge in [0.15, 0.2) is 0 Å². The number of carboxylic acid groups (broad SMARTS) is 1. The van der Waals surface area contributed by atoms with Crippen LogP contribution in [-0.2, 0) is 16.0 Å². The summed E-state index contributed by atoms with van der Waals surface area (Å²) in [6, 6.07) is 5.54. The zero-order valence-corrected chi connectivity index (χ0v) is 9.13. The number of ether oxygens (including phenoxy) is 1. The lowest BCUT2D eigenvalue weighted by Crippen LogP contribution is -2.32. The van der Waals surface area contributed by atoms with E-state index in [9.17, 15) is 9.59 Å². The summed E-state index contributed by atoms with van der Waals surface area (Å²) in [5.74, 6) is -1.21. The number of hydrogen-bond acceptors (Lipinski definition) is 4. The van der Waals surface area contributed by atoms with Gasteiger partial charge in [0, 0.05) is 6.08 Å². The van der Waals surface area contributed by atoms with Gasteiger partial charge in [0.2, 0.25) is 0 Å². The summed E-state index contributed by atoms with van der Waals surface area (Å²) >= 11 is 0. The van der Waals surface area contributed by atoms with Crippen molar-refractivity contribution in [2.75, 3.05) is 0 Å². The number of hydrogen-bond donors (Lipinski definition) is 2. The van der Waals surface area contributed by atoms with E-state index in [1.807, 2.05) is 0 Å². The van der Waals surface area contributed by atoms with Crippen LogP contribution in [0, 0.1) is 0 Å². The highest BCUT2D eigenvalue weighted by atomic mass is 16.5. The smallest absolute Gasteiger partial charge is 0.335 e.